The molecule has 1 aromatic rings. The van der Waals surface area contributed by atoms with Crippen molar-refractivity contribution in [2.75, 3.05) is 18.0 Å². The molecule has 1 N–H and O–H groups in total. The molecule has 18 heavy (non-hydrogen) atoms. The smallest absolute Gasteiger partial charge is 0.339 e. The monoisotopic (exact) mass is 312 g/mol. The van der Waals surface area contributed by atoms with Gasteiger partial charge in [-0.15, -0.1) is 0 Å². The van der Waals surface area contributed by atoms with E-state index in [1.807, 2.05) is 0 Å². The van der Waals surface area contributed by atoms with Crippen LogP contribution < -0.4 is 4.90 Å². The van der Waals surface area contributed by atoms with Gasteiger partial charge in [0.05, 0.1) is 0 Å². The molecular formula is C13H17BrN2O2. The average Bonchev–Trinajstić information content (AvgIpc) is 2.38. The Bertz CT molecular complexity index is 451. The van der Waals surface area contributed by atoms with Crippen molar-refractivity contribution >= 4 is 27.7 Å². The van der Waals surface area contributed by atoms with Gasteiger partial charge in [0.25, 0.3) is 0 Å². The van der Waals surface area contributed by atoms with Crippen molar-refractivity contribution in [3.8, 4) is 0 Å². The number of rotatable bonds is 3. The van der Waals surface area contributed by atoms with Gasteiger partial charge in [0.2, 0.25) is 0 Å². The van der Waals surface area contributed by atoms with Crippen molar-refractivity contribution in [2.24, 2.45) is 5.92 Å². The minimum atomic E-state index is -0.919. The summed E-state index contributed by atoms with van der Waals surface area (Å²) in [7, 11) is 0. The van der Waals surface area contributed by atoms with Crippen LogP contribution in [0.1, 0.15) is 36.5 Å². The Morgan fingerprint density at radius 3 is 3.11 bits per heavy atom. The summed E-state index contributed by atoms with van der Waals surface area (Å²) in [5.74, 6) is 0.326. The van der Waals surface area contributed by atoms with Gasteiger partial charge < -0.3 is 10.0 Å². The number of hydrogen-bond acceptors (Lipinski definition) is 3. The molecule has 5 heteroatoms. The van der Waals surface area contributed by atoms with Crippen LogP contribution in [0.3, 0.4) is 0 Å². The fourth-order valence-electron chi connectivity index (χ4n) is 2.43. The lowest BCUT2D eigenvalue weighted by molar-refractivity contribution is 0.0697. The van der Waals surface area contributed by atoms with Gasteiger partial charge in [-0.3, -0.25) is 0 Å². The largest absolute Gasteiger partial charge is 0.478 e. The van der Waals surface area contributed by atoms with Gasteiger partial charge in [-0.1, -0.05) is 13.3 Å². The zero-order valence-electron chi connectivity index (χ0n) is 10.4. The van der Waals surface area contributed by atoms with Crippen molar-refractivity contribution in [2.45, 2.75) is 26.2 Å². The zero-order valence-corrected chi connectivity index (χ0v) is 12.0. The number of carboxylic acid groups (broad SMARTS) is 1. The highest BCUT2D eigenvalue weighted by Gasteiger charge is 2.23. The molecule has 0 spiro atoms. The highest BCUT2D eigenvalue weighted by Crippen LogP contribution is 2.27. The third-order valence-corrected chi connectivity index (χ3v) is 3.89. The Balaban J connectivity index is 2.29. The average molecular weight is 313 g/mol. The summed E-state index contributed by atoms with van der Waals surface area (Å²) in [6, 6.07) is 1.63. The Hall–Kier alpha value is -1.10. The molecular weight excluding hydrogens is 296 g/mol. The Labute approximate surface area is 115 Å². The van der Waals surface area contributed by atoms with Crippen LogP contribution in [0.25, 0.3) is 0 Å². The van der Waals surface area contributed by atoms with Crippen LogP contribution >= 0.6 is 15.9 Å². The summed E-state index contributed by atoms with van der Waals surface area (Å²) in [6.07, 6.45) is 5.13. The third-order valence-electron chi connectivity index (χ3n) is 3.46. The molecule has 0 radical (unpaired) electrons. The van der Waals surface area contributed by atoms with Crippen molar-refractivity contribution < 1.29 is 9.90 Å². The van der Waals surface area contributed by atoms with Gasteiger partial charge in [0.1, 0.15) is 11.4 Å². The van der Waals surface area contributed by atoms with E-state index in [0.29, 0.717) is 16.2 Å². The number of carbonyl (C=O) groups is 1. The zero-order chi connectivity index (χ0) is 13.1. The van der Waals surface area contributed by atoms with E-state index in [2.05, 4.69) is 32.7 Å². The van der Waals surface area contributed by atoms with Gasteiger partial charge in [0.15, 0.2) is 0 Å². The van der Waals surface area contributed by atoms with E-state index in [1.165, 1.54) is 6.42 Å². The second-order valence-electron chi connectivity index (χ2n) is 4.69. The molecule has 0 aliphatic carbocycles. The summed E-state index contributed by atoms with van der Waals surface area (Å²) < 4.78 is 0.702. The second-order valence-corrected chi connectivity index (χ2v) is 5.61. The molecule has 1 aromatic heterocycles. The fraction of sp³-hybridized carbons (Fsp3) is 0.538. The van der Waals surface area contributed by atoms with E-state index in [0.717, 1.165) is 25.9 Å². The fourth-order valence-corrected chi connectivity index (χ4v) is 2.76. The molecule has 0 aromatic carbocycles. The Morgan fingerprint density at radius 1 is 1.67 bits per heavy atom. The molecule has 1 aliphatic rings. The predicted octanol–water partition coefficient (Wildman–Crippen LogP) is 3.17. The van der Waals surface area contributed by atoms with Crippen molar-refractivity contribution in [1.82, 2.24) is 4.98 Å². The number of carboxylic acids is 1. The predicted molar refractivity (Wildman–Crippen MR) is 74.1 cm³/mol. The van der Waals surface area contributed by atoms with Crippen molar-refractivity contribution in [1.29, 1.82) is 0 Å². The number of nitrogens with zero attached hydrogens (tertiary/aromatic N) is 2. The van der Waals surface area contributed by atoms with Crippen molar-refractivity contribution in [3.05, 3.63) is 22.3 Å². The molecule has 0 bridgehead atoms. The highest BCUT2D eigenvalue weighted by molar-refractivity contribution is 9.10. The van der Waals surface area contributed by atoms with E-state index >= 15 is 0 Å². The highest BCUT2D eigenvalue weighted by atomic mass is 79.9. The summed E-state index contributed by atoms with van der Waals surface area (Å²) in [5, 5.41) is 9.26. The van der Waals surface area contributed by atoms with Crippen LogP contribution in [-0.2, 0) is 0 Å². The topological polar surface area (TPSA) is 53.4 Å². The lowest BCUT2D eigenvalue weighted by Gasteiger charge is -2.33. The molecule has 2 rings (SSSR count). The molecule has 2 heterocycles. The van der Waals surface area contributed by atoms with E-state index in [-0.39, 0.29) is 5.56 Å². The van der Waals surface area contributed by atoms with Gasteiger partial charge >= 0.3 is 5.97 Å². The van der Waals surface area contributed by atoms with Crippen LogP contribution in [0.2, 0.25) is 0 Å². The number of halogens is 1. The normalized spacial score (nSPS) is 19.9. The molecule has 0 saturated carbocycles. The molecule has 98 valence electrons. The van der Waals surface area contributed by atoms with Gasteiger partial charge in [-0.05, 0) is 40.8 Å². The lowest BCUT2D eigenvalue weighted by atomic mass is 9.95. The molecule has 1 aliphatic heterocycles. The number of aromatic nitrogens is 1. The van der Waals surface area contributed by atoms with Crippen LogP contribution in [0.15, 0.2) is 16.7 Å². The maximum absolute atomic E-state index is 11.3. The van der Waals surface area contributed by atoms with E-state index in [4.69, 9.17) is 0 Å². The standard InChI is InChI=1S/C13H17BrN2O2/c1-2-9-4-3-5-16(8-9)12-11(13(17)18)6-10(14)7-15-12/h6-7,9H,2-5,8H2,1H3,(H,17,18). The van der Waals surface area contributed by atoms with Crippen LogP contribution in [-0.4, -0.2) is 29.1 Å². The Morgan fingerprint density at radius 2 is 2.44 bits per heavy atom. The molecule has 1 atom stereocenters. The number of aromatic carboxylic acids is 1. The number of hydrogen-bond donors (Lipinski definition) is 1. The molecule has 0 amide bonds. The van der Waals surface area contributed by atoms with Crippen molar-refractivity contribution in [3.63, 3.8) is 0 Å². The number of piperidine rings is 1. The third kappa shape index (κ3) is 2.83. The minimum absolute atomic E-state index is 0.279. The Kier molecular flexibility index (Phi) is 4.22. The first-order valence-electron chi connectivity index (χ1n) is 6.25. The van der Waals surface area contributed by atoms with Gasteiger partial charge in [-0.2, -0.15) is 0 Å². The number of anilines is 1. The summed E-state index contributed by atoms with van der Waals surface area (Å²) in [6.45, 7) is 3.98. The summed E-state index contributed by atoms with van der Waals surface area (Å²) >= 11 is 3.27. The summed E-state index contributed by atoms with van der Waals surface area (Å²) in [5.41, 5.74) is 0.279. The maximum Gasteiger partial charge on any atom is 0.339 e. The maximum atomic E-state index is 11.3. The first-order valence-corrected chi connectivity index (χ1v) is 7.05. The summed E-state index contributed by atoms with van der Waals surface area (Å²) in [4.78, 5) is 17.7. The molecule has 1 saturated heterocycles. The minimum Gasteiger partial charge on any atom is -0.478 e. The quantitative estimate of drug-likeness (QED) is 0.931. The molecule has 1 unspecified atom stereocenters. The number of pyridine rings is 1. The van der Waals surface area contributed by atoms with E-state index in [9.17, 15) is 9.90 Å². The SMILES string of the molecule is CCC1CCCN(c2ncc(Br)cc2C(=O)O)C1. The second kappa shape index (κ2) is 5.69. The molecule has 4 nitrogen and oxygen atoms in total. The van der Waals surface area contributed by atoms with E-state index in [1.54, 1.807) is 12.3 Å². The van der Waals surface area contributed by atoms with Gasteiger partial charge in [0, 0.05) is 23.8 Å². The lowest BCUT2D eigenvalue weighted by Crippen LogP contribution is -2.36. The first kappa shape index (κ1) is 13.3. The van der Waals surface area contributed by atoms with Crippen LogP contribution in [0.5, 0.6) is 0 Å². The van der Waals surface area contributed by atoms with Gasteiger partial charge in [-0.25, -0.2) is 9.78 Å². The first-order chi connectivity index (χ1) is 8.61. The van der Waals surface area contributed by atoms with Crippen LogP contribution in [0.4, 0.5) is 5.82 Å². The van der Waals surface area contributed by atoms with E-state index < -0.39 is 5.97 Å². The molecule has 1 fully saturated rings. The van der Waals surface area contributed by atoms with Crippen LogP contribution in [0, 0.1) is 5.92 Å².